The number of benzene rings is 1. The molecule has 94 valence electrons. The Morgan fingerprint density at radius 3 is 2.29 bits per heavy atom. The summed E-state index contributed by atoms with van der Waals surface area (Å²) in [4.78, 5) is 11.9. The molecule has 0 atom stereocenters. The van der Waals surface area contributed by atoms with Crippen LogP contribution in [0, 0.1) is 0 Å². The number of rotatable bonds is 4. The number of amides is 2. The molecule has 1 N–H and O–H groups in total. The maximum Gasteiger partial charge on any atom is 0.358 e. The molecule has 0 aliphatic heterocycles. The Bertz CT molecular complexity index is 354. The van der Waals surface area contributed by atoms with Crippen LogP contribution in [-0.2, 0) is 6.54 Å². The fourth-order valence-corrected chi connectivity index (χ4v) is 1.55. The molecule has 0 unspecified atom stereocenters. The van der Waals surface area contributed by atoms with E-state index in [9.17, 15) is 10.0 Å². The van der Waals surface area contributed by atoms with Crippen LogP contribution in [0.3, 0.4) is 0 Å². The van der Waals surface area contributed by atoms with Crippen LogP contribution in [0.15, 0.2) is 30.3 Å². The van der Waals surface area contributed by atoms with Crippen LogP contribution < -0.4 is 0 Å². The second-order valence-corrected chi connectivity index (χ2v) is 3.89. The van der Waals surface area contributed by atoms with Crippen LogP contribution in [0.4, 0.5) is 4.79 Å². The molecule has 0 spiro atoms. The smallest absolute Gasteiger partial charge is 0.284 e. The van der Waals surface area contributed by atoms with Crippen molar-refractivity contribution in [3.8, 4) is 0 Å². The number of carbonyl (C=O) groups excluding carboxylic acids is 1. The van der Waals surface area contributed by atoms with E-state index in [1.165, 1.54) is 5.01 Å². The van der Waals surface area contributed by atoms with Gasteiger partial charge in [0.25, 0.3) is 0 Å². The van der Waals surface area contributed by atoms with Crippen molar-refractivity contribution in [2.24, 2.45) is 0 Å². The first-order chi connectivity index (χ1) is 8.06. The molecule has 0 aliphatic rings. The first-order valence-electron chi connectivity index (χ1n) is 5.55. The van der Waals surface area contributed by atoms with Gasteiger partial charge >= 0.3 is 6.03 Å². The number of hydrazine groups is 1. The zero-order valence-corrected chi connectivity index (χ0v) is 10.5. The van der Waals surface area contributed by atoms with Gasteiger partial charge in [-0.1, -0.05) is 30.3 Å². The van der Waals surface area contributed by atoms with Gasteiger partial charge in [-0.25, -0.2) is 14.9 Å². The molecule has 0 aromatic heterocycles. The van der Waals surface area contributed by atoms with Gasteiger partial charge in [-0.05, 0) is 12.5 Å². The van der Waals surface area contributed by atoms with E-state index in [0.717, 1.165) is 10.6 Å². The van der Waals surface area contributed by atoms with E-state index in [1.807, 2.05) is 37.3 Å². The summed E-state index contributed by atoms with van der Waals surface area (Å²) in [5, 5.41) is 13.6. The molecule has 0 bridgehead atoms. The lowest BCUT2D eigenvalue weighted by Gasteiger charge is -2.30. The van der Waals surface area contributed by atoms with Crippen molar-refractivity contribution in [1.82, 2.24) is 15.1 Å². The van der Waals surface area contributed by atoms with Crippen molar-refractivity contribution in [3.63, 3.8) is 0 Å². The fraction of sp³-hybridized carbons (Fsp3) is 0.417. The summed E-state index contributed by atoms with van der Waals surface area (Å²) < 4.78 is 0. The molecule has 17 heavy (non-hydrogen) atoms. The molecule has 1 aromatic rings. The monoisotopic (exact) mass is 237 g/mol. The minimum absolute atomic E-state index is 0.185. The highest BCUT2D eigenvalue weighted by atomic mass is 16.5. The summed E-state index contributed by atoms with van der Waals surface area (Å²) in [6.07, 6.45) is 0. The lowest BCUT2D eigenvalue weighted by molar-refractivity contribution is -0.0854. The van der Waals surface area contributed by atoms with Gasteiger partial charge in [0.1, 0.15) is 0 Å². The summed E-state index contributed by atoms with van der Waals surface area (Å²) in [6, 6.07) is 8.94. The van der Waals surface area contributed by atoms with E-state index < -0.39 is 6.03 Å². The number of nitrogens with zero attached hydrogens (tertiary/aromatic N) is 3. The predicted octanol–water partition coefficient (Wildman–Crippen LogP) is 1.80. The number of urea groups is 1. The molecule has 1 aromatic carbocycles. The third kappa shape index (κ3) is 3.72. The summed E-state index contributed by atoms with van der Waals surface area (Å²) >= 11 is 0. The fourth-order valence-electron chi connectivity index (χ4n) is 1.55. The van der Waals surface area contributed by atoms with Crippen LogP contribution in [0.5, 0.6) is 0 Å². The van der Waals surface area contributed by atoms with Gasteiger partial charge in [-0.2, -0.15) is 0 Å². The van der Waals surface area contributed by atoms with Gasteiger partial charge < -0.3 is 0 Å². The van der Waals surface area contributed by atoms with Crippen molar-refractivity contribution >= 4 is 6.03 Å². The normalized spacial score (nSPS) is 10.4. The SMILES string of the molecule is CCN(C(=O)N(O)Cc1ccccc1)N(C)C. The van der Waals surface area contributed by atoms with E-state index in [0.29, 0.717) is 6.54 Å². The molecule has 0 aliphatic carbocycles. The molecule has 0 saturated carbocycles. The Balaban J connectivity index is 2.64. The standard InChI is InChI=1S/C12H19N3O2/c1-4-14(13(2)3)12(16)15(17)10-11-8-6-5-7-9-11/h5-9,17H,4,10H2,1-3H3. The molecule has 0 radical (unpaired) electrons. The molecule has 0 fully saturated rings. The third-order valence-corrected chi connectivity index (χ3v) is 2.40. The zero-order valence-electron chi connectivity index (χ0n) is 10.5. The molecule has 5 heteroatoms. The van der Waals surface area contributed by atoms with E-state index in [1.54, 1.807) is 19.1 Å². The highest BCUT2D eigenvalue weighted by Crippen LogP contribution is 2.05. The van der Waals surface area contributed by atoms with Crippen molar-refractivity contribution < 1.29 is 10.0 Å². The van der Waals surface area contributed by atoms with E-state index in [2.05, 4.69) is 0 Å². The van der Waals surface area contributed by atoms with Gasteiger partial charge in [0, 0.05) is 20.6 Å². The van der Waals surface area contributed by atoms with Crippen LogP contribution in [0.1, 0.15) is 12.5 Å². The highest BCUT2D eigenvalue weighted by molar-refractivity contribution is 5.72. The predicted molar refractivity (Wildman–Crippen MR) is 65.2 cm³/mol. The molecule has 0 heterocycles. The lowest BCUT2D eigenvalue weighted by Crippen LogP contribution is -2.47. The molecule has 1 rings (SSSR count). The topological polar surface area (TPSA) is 47.0 Å². The molecule has 0 saturated heterocycles. The van der Waals surface area contributed by atoms with Gasteiger partial charge in [0.15, 0.2) is 0 Å². The van der Waals surface area contributed by atoms with Crippen LogP contribution in [0.2, 0.25) is 0 Å². The first-order valence-corrected chi connectivity index (χ1v) is 5.55. The number of hydroxylamine groups is 2. The number of carbonyl (C=O) groups is 1. The average Bonchev–Trinajstić information content (AvgIpc) is 2.30. The second kappa shape index (κ2) is 6.22. The van der Waals surface area contributed by atoms with Crippen molar-refractivity contribution in [1.29, 1.82) is 0 Å². The van der Waals surface area contributed by atoms with Crippen LogP contribution in [0.25, 0.3) is 0 Å². The maximum absolute atomic E-state index is 11.9. The number of hydrogen-bond acceptors (Lipinski definition) is 3. The van der Waals surface area contributed by atoms with Crippen molar-refractivity contribution in [3.05, 3.63) is 35.9 Å². The summed E-state index contributed by atoms with van der Waals surface area (Å²) in [7, 11) is 3.52. The maximum atomic E-state index is 11.9. The Labute approximate surface area is 102 Å². The van der Waals surface area contributed by atoms with Gasteiger partial charge in [0.2, 0.25) is 0 Å². The summed E-state index contributed by atoms with van der Waals surface area (Å²) in [5.74, 6) is 0. The lowest BCUT2D eigenvalue weighted by atomic mass is 10.2. The minimum atomic E-state index is -0.429. The van der Waals surface area contributed by atoms with E-state index in [-0.39, 0.29) is 6.54 Å². The van der Waals surface area contributed by atoms with Gasteiger partial charge in [0.05, 0.1) is 6.54 Å². The largest absolute Gasteiger partial charge is 0.358 e. The second-order valence-electron chi connectivity index (χ2n) is 3.89. The van der Waals surface area contributed by atoms with Gasteiger partial charge in [-0.3, -0.25) is 10.2 Å². The Morgan fingerprint density at radius 2 is 1.82 bits per heavy atom. The number of hydrogen-bond donors (Lipinski definition) is 1. The quantitative estimate of drug-likeness (QED) is 0.641. The Morgan fingerprint density at radius 1 is 1.24 bits per heavy atom. The van der Waals surface area contributed by atoms with Crippen molar-refractivity contribution in [2.75, 3.05) is 20.6 Å². The molecule has 5 nitrogen and oxygen atoms in total. The third-order valence-electron chi connectivity index (χ3n) is 2.40. The molecular weight excluding hydrogens is 218 g/mol. The Kier molecular flexibility index (Phi) is 4.93. The van der Waals surface area contributed by atoms with Crippen LogP contribution in [-0.4, -0.2) is 47.0 Å². The highest BCUT2D eigenvalue weighted by Gasteiger charge is 2.19. The van der Waals surface area contributed by atoms with Gasteiger partial charge in [-0.15, -0.1) is 0 Å². The van der Waals surface area contributed by atoms with E-state index in [4.69, 9.17) is 0 Å². The average molecular weight is 237 g/mol. The minimum Gasteiger partial charge on any atom is -0.284 e. The summed E-state index contributed by atoms with van der Waals surface area (Å²) in [5.41, 5.74) is 0.887. The Hall–Kier alpha value is -1.59. The van der Waals surface area contributed by atoms with Crippen LogP contribution >= 0.6 is 0 Å². The molecule has 2 amide bonds. The van der Waals surface area contributed by atoms with Crippen molar-refractivity contribution in [2.45, 2.75) is 13.5 Å². The molecular formula is C12H19N3O2. The zero-order chi connectivity index (χ0) is 12.8. The van der Waals surface area contributed by atoms with E-state index >= 15 is 0 Å². The first kappa shape index (κ1) is 13.5. The summed E-state index contributed by atoms with van der Waals surface area (Å²) in [6.45, 7) is 2.55.